The minimum atomic E-state index is -2.48. The van der Waals surface area contributed by atoms with Crippen molar-refractivity contribution in [1.29, 1.82) is 5.41 Å². The van der Waals surface area contributed by atoms with Gasteiger partial charge in [-0.3, -0.25) is 19.2 Å². The van der Waals surface area contributed by atoms with Crippen LogP contribution in [0, 0.1) is 11.3 Å². The van der Waals surface area contributed by atoms with Crippen LogP contribution in [0.15, 0.2) is 30.5 Å². The van der Waals surface area contributed by atoms with E-state index in [1.165, 1.54) is 6.21 Å². The number of nitrogens with two attached hydrogens (primary N) is 1. The van der Waals surface area contributed by atoms with E-state index in [9.17, 15) is 13.2 Å². The summed E-state index contributed by atoms with van der Waals surface area (Å²) in [6, 6.07) is 6.56. The van der Waals surface area contributed by atoms with Crippen LogP contribution in [0.1, 0.15) is 35.3 Å². The fourth-order valence-electron chi connectivity index (χ4n) is 4.86. The van der Waals surface area contributed by atoms with Gasteiger partial charge in [0.05, 0.1) is 31.2 Å². The number of hydrogen-bond acceptors (Lipinski definition) is 6. The number of likely N-dealkylation sites (tertiary alicyclic amines) is 1. The molecule has 1 saturated heterocycles. The van der Waals surface area contributed by atoms with E-state index in [2.05, 4.69) is 9.88 Å². The summed E-state index contributed by atoms with van der Waals surface area (Å²) in [5, 5.41) is 7.79. The Bertz CT molecular complexity index is 965. The number of aromatic nitrogens is 1. The molecule has 1 aromatic heterocycles. The van der Waals surface area contributed by atoms with Gasteiger partial charge in [0.15, 0.2) is 0 Å². The van der Waals surface area contributed by atoms with E-state index in [-0.39, 0.29) is 25.2 Å². The maximum Gasteiger partial charge on any atom is 0.251 e. The summed E-state index contributed by atoms with van der Waals surface area (Å²) in [6.45, 7) is 3.99. The second-order valence-corrected chi connectivity index (χ2v) is 8.87. The first-order valence-corrected chi connectivity index (χ1v) is 11.2. The largest absolute Gasteiger partial charge is 0.491 e. The molecule has 2 aliphatic heterocycles. The molecule has 0 spiro atoms. The highest BCUT2D eigenvalue weighted by molar-refractivity contribution is 5.88. The van der Waals surface area contributed by atoms with Crippen LogP contribution < -0.4 is 10.5 Å². The van der Waals surface area contributed by atoms with Gasteiger partial charge in [0.25, 0.3) is 6.43 Å². The van der Waals surface area contributed by atoms with Crippen LogP contribution in [0.2, 0.25) is 0 Å². The zero-order chi connectivity index (χ0) is 23.5. The average Bonchev–Trinajstić information content (AvgIpc) is 2.76. The molecule has 2 atom stereocenters. The molecule has 0 saturated carbocycles. The molecule has 0 unspecified atom stereocenters. The number of ether oxygens (including phenoxy) is 1. The van der Waals surface area contributed by atoms with Crippen molar-refractivity contribution in [2.24, 2.45) is 5.92 Å². The second kappa shape index (κ2) is 10.1. The summed E-state index contributed by atoms with van der Waals surface area (Å²) in [4.78, 5) is 8.47. The normalized spacial score (nSPS) is 21.6. The molecule has 9 heteroatoms. The number of fused-ring (bicyclic) bond motifs is 1. The van der Waals surface area contributed by atoms with E-state index >= 15 is 0 Å². The third-order valence-corrected chi connectivity index (χ3v) is 6.58. The van der Waals surface area contributed by atoms with Gasteiger partial charge in [0.1, 0.15) is 12.4 Å². The number of rotatable bonds is 9. The Morgan fingerprint density at radius 3 is 2.70 bits per heavy atom. The van der Waals surface area contributed by atoms with Gasteiger partial charge in [-0.15, -0.1) is 0 Å². The smallest absolute Gasteiger partial charge is 0.251 e. The predicted octanol–water partition coefficient (Wildman–Crippen LogP) is 3.54. The molecular weight excluding hydrogens is 431 g/mol. The summed E-state index contributed by atoms with van der Waals surface area (Å²) in [7, 11) is 0. The summed E-state index contributed by atoms with van der Waals surface area (Å²) in [6.07, 6.45) is 0.909. The molecule has 3 heterocycles. The number of alkyl halides is 3. The minimum Gasteiger partial charge on any atom is -0.491 e. The quantitative estimate of drug-likeness (QED) is 0.441. The standard InChI is InChI=1S/C24H30F3N5O/c1-15-8-19-18(3-4-21(29)20(19)10-28)24(32(15)14-23(26)27)22-5-2-17(11-30-22)33-7-6-31-12-16(9-25)13-31/h2-5,10-11,15-16,23-24,28H,6-9,12-14,29H2,1H3/t15-,24+/m1/s1. The highest BCUT2D eigenvalue weighted by atomic mass is 19.3. The van der Waals surface area contributed by atoms with Gasteiger partial charge in [-0.1, -0.05) is 6.07 Å². The lowest BCUT2D eigenvalue weighted by Gasteiger charge is -2.42. The lowest BCUT2D eigenvalue weighted by molar-refractivity contribution is 0.0453. The minimum absolute atomic E-state index is 0.145. The molecule has 1 fully saturated rings. The Hall–Kier alpha value is -2.65. The summed E-state index contributed by atoms with van der Waals surface area (Å²) >= 11 is 0. The van der Waals surface area contributed by atoms with Crippen molar-refractivity contribution < 1.29 is 17.9 Å². The van der Waals surface area contributed by atoms with E-state index in [0.717, 1.165) is 30.8 Å². The third-order valence-electron chi connectivity index (χ3n) is 6.58. The van der Waals surface area contributed by atoms with Crippen LogP contribution in [0.25, 0.3) is 0 Å². The van der Waals surface area contributed by atoms with E-state index in [4.69, 9.17) is 15.9 Å². The SMILES string of the molecule is C[C@@H]1Cc2c(ccc(N)c2C=N)[C@@H](c2ccc(OCCN3CC(CF)C3)cn2)N1CC(F)F. The Labute approximate surface area is 192 Å². The average molecular weight is 462 g/mol. The van der Waals surface area contributed by atoms with Crippen LogP contribution >= 0.6 is 0 Å². The van der Waals surface area contributed by atoms with Crippen molar-refractivity contribution in [3.63, 3.8) is 0 Å². The van der Waals surface area contributed by atoms with Gasteiger partial charge in [0, 0.05) is 49.1 Å². The van der Waals surface area contributed by atoms with Gasteiger partial charge in [0.2, 0.25) is 0 Å². The van der Waals surface area contributed by atoms with Crippen molar-refractivity contribution >= 4 is 11.9 Å². The maximum absolute atomic E-state index is 13.5. The van der Waals surface area contributed by atoms with Crippen LogP contribution in [-0.2, 0) is 6.42 Å². The topological polar surface area (TPSA) is 78.5 Å². The number of halogens is 3. The molecule has 0 amide bonds. The number of anilines is 1. The number of benzene rings is 1. The fourth-order valence-corrected chi connectivity index (χ4v) is 4.86. The maximum atomic E-state index is 13.5. The first-order valence-electron chi connectivity index (χ1n) is 11.2. The molecule has 6 nitrogen and oxygen atoms in total. The first-order chi connectivity index (χ1) is 15.9. The molecule has 178 valence electrons. The number of pyridine rings is 1. The molecule has 33 heavy (non-hydrogen) atoms. The van der Waals surface area contributed by atoms with Crippen molar-refractivity contribution in [3.8, 4) is 5.75 Å². The fraction of sp³-hybridized carbons (Fsp3) is 0.500. The van der Waals surface area contributed by atoms with Crippen LogP contribution in [-0.4, -0.2) is 72.9 Å². The first kappa shape index (κ1) is 23.5. The van der Waals surface area contributed by atoms with E-state index in [0.29, 0.717) is 35.7 Å². The zero-order valence-corrected chi connectivity index (χ0v) is 18.7. The van der Waals surface area contributed by atoms with Gasteiger partial charge in [-0.05, 0) is 42.7 Å². The second-order valence-electron chi connectivity index (χ2n) is 8.87. The lowest BCUT2D eigenvalue weighted by atomic mass is 9.83. The van der Waals surface area contributed by atoms with Crippen molar-refractivity contribution in [2.45, 2.75) is 31.9 Å². The highest BCUT2D eigenvalue weighted by Crippen LogP contribution is 2.40. The van der Waals surface area contributed by atoms with E-state index in [1.807, 2.05) is 19.1 Å². The number of nitrogens with zero attached hydrogens (tertiary/aromatic N) is 3. The van der Waals surface area contributed by atoms with Crippen LogP contribution in [0.4, 0.5) is 18.9 Å². The molecule has 2 aliphatic rings. The number of nitrogens with one attached hydrogen (secondary N) is 1. The molecule has 2 aromatic rings. The molecule has 1 aromatic carbocycles. The van der Waals surface area contributed by atoms with Crippen molar-refractivity contribution in [1.82, 2.24) is 14.8 Å². The Kier molecular flexibility index (Phi) is 7.19. The van der Waals surface area contributed by atoms with Gasteiger partial charge in [-0.25, -0.2) is 8.78 Å². The highest BCUT2D eigenvalue weighted by Gasteiger charge is 2.36. The van der Waals surface area contributed by atoms with Gasteiger partial charge < -0.3 is 15.9 Å². The summed E-state index contributed by atoms with van der Waals surface area (Å²) in [5.41, 5.74) is 9.63. The van der Waals surface area contributed by atoms with Crippen LogP contribution in [0.3, 0.4) is 0 Å². The molecule has 4 rings (SSSR count). The third kappa shape index (κ3) is 4.99. The Morgan fingerprint density at radius 1 is 1.27 bits per heavy atom. The Balaban J connectivity index is 1.54. The summed E-state index contributed by atoms with van der Waals surface area (Å²) in [5.74, 6) is 0.745. The number of nitrogen functional groups attached to an aromatic ring is 1. The molecule has 0 radical (unpaired) electrons. The number of hydrogen-bond donors (Lipinski definition) is 2. The molecule has 3 N–H and O–H groups in total. The zero-order valence-electron chi connectivity index (χ0n) is 18.7. The van der Waals surface area contributed by atoms with Gasteiger partial charge >= 0.3 is 0 Å². The summed E-state index contributed by atoms with van der Waals surface area (Å²) < 4.78 is 45.2. The Morgan fingerprint density at radius 2 is 2.06 bits per heavy atom. The monoisotopic (exact) mass is 461 g/mol. The van der Waals surface area contributed by atoms with Crippen LogP contribution in [0.5, 0.6) is 5.75 Å². The lowest BCUT2D eigenvalue weighted by Crippen LogP contribution is -2.49. The predicted molar refractivity (Wildman–Crippen MR) is 122 cm³/mol. The van der Waals surface area contributed by atoms with Crippen molar-refractivity contribution in [2.75, 3.05) is 45.2 Å². The molecular formula is C24H30F3N5O. The van der Waals surface area contributed by atoms with E-state index < -0.39 is 12.5 Å². The van der Waals surface area contributed by atoms with E-state index in [1.54, 1.807) is 23.2 Å². The molecule has 0 bridgehead atoms. The van der Waals surface area contributed by atoms with Crippen molar-refractivity contribution in [3.05, 3.63) is 52.8 Å². The van der Waals surface area contributed by atoms with Gasteiger partial charge in [-0.2, -0.15) is 0 Å². The molecule has 0 aliphatic carbocycles.